The van der Waals surface area contributed by atoms with Crippen molar-refractivity contribution in [1.29, 1.82) is 0 Å². The summed E-state index contributed by atoms with van der Waals surface area (Å²) in [6.45, 7) is 0.439. The summed E-state index contributed by atoms with van der Waals surface area (Å²) >= 11 is 0. The Bertz CT molecular complexity index is 807. The van der Waals surface area contributed by atoms with Crippen molar-refractivity contribution in [2.75, 3.05) is 6.54 Å². The van der Waals surface area contributed by atoms with E-state index in [4.69, 9.17) is 0 Å². The first-order valence-electron chi connectivity index (χ1n) is 8.05. The van der Waals surface area contributed by atoms with Gasteiger partial charge in [0, 0.05) is 37.3 Å². The number of benzene rings is 1. The number of aromatic nitrogens is 2. The predicted octanol–water partition coefficient (Wildman–Crippen LogP) is 3.37. The van der Waals surface area contributed by atoms with E-state index < -0.39 is 0 Å². The molecule has 0 saturated heterocycles. The summed E-state index contributed by atoms with van der Waals surface area (Å²) in [5, 5.41) is 2.94. The summed E-state index contributed by atoms with van der Waals surface area (Å²) in [6.07, 6.45) is 7.39. The van der Waals surface area contributed by atoms with Crippen LogP contribution in [-0.4, -0.2) is 22.4 Å². The Morgan fingerprint density at radius 3 is 2.36 bits per heavy atom. The maximum Gasteiger partial charge on any atom is 0.252 e. The largest absolute Gasteiger partial charge is 0.351 e. The van der Waals surface area contributed by atoms with Crippen LogP contribution in [0.3, 0.4) is 0 Å². The van der Waals surface area contributed by atoms with E-state index in [1.165, 1.54) is 18.3 Å². The Hall–Kier alpha value is -3.08. The van der Waals surface area contributed by atoms with Gasteiger partial charge in [-0.1, -0.05) is 18.2 Å². The van der Waals surface area contributed by atoms with E-state index in [0.29, 0.717) is 18.5 Å². The van der Waals surface area contributed by atoms with Gasteiger partial charge in [0.1, 0.15) is 5.82 Å². The molecule has 0 aliphatic heterocycles. The molecule has 0 fully saturated rings. The Balaban J connectivity index is 1.74. The van der Waals surface area contributed by atoms with Crippen LogP contribution in [0.2, 0.25) is 0 Å². The van der Waals surface area contributed by atoms with Crippen molar-refractivity contribution in [2.24, 2.45) is 0 Å². The second kappa shape index (κ2) is 8.15. The van der Waals surface area contributed by atoms with Gasteiger partial charge in [-0.3, -0.25) is 14.8 Å². The van der Waals surface area contributed by atoms with E-state index in [-0.39, 0.29) is 17.6 Å². The minimum absolute atomic E-state index is 0.0189. The number of rotatable bonds is 6. The number of carbonyl (C=O) groups is 1. The average molecular weight is 335 g/mol. The first-order chi connectivity index (χ1) is 12.2. The second-order valence-electron chi connectivity index (χ2n) is 5.77. The Morgan fingerprint density at radius 2 is 1.72 bits per heavy atom. The van der Waals surface area contributed by atoms with Gasteiger partial charge in [-0.25, -0.2) is 4.39 Å². The third-order valence-corrected chi connectivity index (χ3v) is 3.98. The third-order valence-electron chi connectivity index (χ3n) is 3.98. The van der Waals surface area contributed by atoms with E-state index in [1.807, 2.05) is 12.1 Å². The number of pyridine rings is 2. The zero-order valence-electron chi connectivity index (χ0n) is 13.6. The van der Waals surface area contributed by atoms with Crippen LogP contribution in [0.5, 0.6) is 0 Å². The molecule has 5 heteroatoms. The van der Waals surface area contributed by atoms with Crippen molar-refractivity contribution < 1.29 is 9.18 Å². The monoisotopic (exact) mass is 335 g/mol. The molecule has 2 heterocycles. The molecule has 1 unspecified atom stereocenters. The smallest absolute Gasteiger partial charge is 0.252 e. The van der Waals surface area contributed by atoms with Gasteiger partial charge in [0.05, 0.1) is 5.56 Å². The molecule has 3 rings (SSSR count). The number of hydrogen-bond acceptors (Lipinski definition) is 3. The molecule has 1 N–H and O–H groups in total. The number of carbonyl (C=O) groups excluding carboxylic acids is 1. The number of hydrogen-bond donors (Lipinski definition) is 1. The Morgan fingerprint density at radius 1 is 1.00 bits per heavy atom. The summed E-state index contributed by atoms with van der Waals surface area (Å²) in [5.74, 6) is -0.430. The van der Waals surface area contributed by atoms with Gasteiger partial charge >= 0.3 is 0 Å². The molecular formula is C20H18FN3O. The minimum Gasteiger partial charge on any atom is -0.351 e. The summed E-state index contributed by atoms with van der Waals surface area (Å²) in [4.78, 5) is 20.4. The van der Waals surface area contributed by atoms with Gasteiger partial charge in [0.2, 0.25) is 0 Å². The van der Waals surface area contributed by atoms with Crippen LogP contribution in [0.25, 0.3) is 0 Å². The van der Waals surface area contributed by atoms with Gasteiger partial charge in [-0.05, 0) is 47.9 Å². The van der Waals surface area contributed by atoms with Crippen LogP contribution in [0.1, 0.15) is 27.4 Å². The molecule has 0 radical (unpaired) electrons. The van der Waals surface area contributed by atoms with Crippen molar-refractivity contribution in [1.82, 2.24) is 15.3 Å². The fourth-order valence-electron chi connectivity index (χ4n) is 2.66. The topological polar surface area (TPSA) is 54.9 Å². The number of amides is 1. The minimum atomic E-state index is -0.275. The van der Waals surface area contributed by atoms with E-state index in [9.17, 15) is 9.18 Å². The van der Waals surface area contributed by atoms with Crippen LogP contribution in [0, 0.1) is 5.82 Å². The van der Waals surface area contributed by atoms with Crippen LogP contribution in [-0.2, 0) is 6.42 Å². The van der Waals surface area contributed by atoms with E-state index in [0.717, 1.165) is 11.1 Å². The fourth-order valence-corrected chi connectivity index (χ4v) is 2.66. The van der Waals surface area contributed by atoms with Crippen molar-refractivity contribution in [3.8, 4) is 0 Å². The third kappa shape index (κ3) is 4.70. The summed E-state index contributed by atoms with van der Waals surface area (Å²) < 4.78 is 13.2. The molecule has 0 bridgehead atoms. The van der Waals surface area contributed by atoms with E-state index >= 15 is 0 Å². The standard InChI is InChI=1S/C20H18FN3O/c21-19-7-5-16(6-8-19)18(11-15-3-1-9-22-12-15)14-24-20(25)17-4-2-10-23-13-17/h1-10,12-13,18H,11,14H2,(H,24,25). The summed E-state index contributed by atoms with van der Waals surface area (Å²) in [7, 11) is 0. The highest BCUT2D eigenvalue weighted by atomic mass is 19.1. The van der Waals surface area contributed by atoms with Crippen molar-refractivity contribution in [3.63, 3.8) is 0 Å². The summed E-state index contributed by atoms with van der Waals surface area (Å²) in [5.41, 5.74) is 2.55. The van der Waals surface area contributed by atoms with Crippen LogP contribution in [0.15, 0.2) is 73.3 Å². The fraction of sp³-hybridized carbons (Fsp3) is 0.150. The molecule has 0 spiro atoms. The number of nitrogens with one attached hydrogen (secondary N) is 1. The van der Waals surface area contributed by atoms with Crippen LogP contribution < -0.4 is 5.32 Å². The highest BCUT2D eigenvalue weighted by Gasteiger charge is 2.15. The van der Waals surface area contributed by atoms with Crippen molar-refractivity contribution in [3.05, 3.63) is 95.8 Å². The molecule has 1 atom stereocenters. The van der Waals surface area contributed by atoms with E-state index in [2.05, 4.69) is 15.3 Å². The van der Waals surface area contributed by atoms with Crippen LogP contribution >= 0.6 is 0 Å². The van der Waals surface area contributed by atoms with Gasteiger partial charge in [0.25, 0.3) is 5.91 Å². The molecule has 4 nitrogen and oxygen atoms in total. The quantitative estimate of drug-likeness (QED) is 0.751. The molecule has 25 heavy (non-hydrogen) atoms. The van der Waals surface area contributed by atoms with Crippen molar-refractivity contribution >= 4 is 5.91 Å². The molecule has 0 saturated carbocycles. The maximum atomic E-state index is 13.2. The lowest BCUT2D eigenvalue weighted by atomic mass is 9.92. The Labute approximate surface area is 145 Å². The van der Waals surface area contributed by atoms with Crippen molar-refractivity contribution in [2.45, 2.75) is 12.3 Å². The van der Waals surface area contributed by atoms with Gasteiger partial charge in [-0.2, -0.15) is 0 Å². The summed E-state index contributed by atoms with van der Waals surface area (Å²) in [6, 6.07) is 13.7. The lowest BCUT2D eigenvalue weighted by Gasteiger charge is -2.18. The van der Waals surface area contributed by atoms with Gasteiger partial charge in [-0.15, -0.1) is 0 Å². The van der Waals surface area contributed by atoms with Crippen LogP contribution in [0.4, 0.5) is 4.39 Å². The molecule has 0 aliphatic carbocycles. The lowest BCUT2D eigenvalue weighted by molar-refractivity contribution is 0.0950. The molecular weight excluding hydrogens is 317 g/mol. The molecule has 0 aliphatic rings. The SMILES string of the molecule is O=C(NCC(Cc1cccnc1)c1ccc(F)cc1)c1cccnc1. The highest BCUT2D eigenvalue weighted by Crippen LogP contribution is 2.20. The molecule has 1 amide bonds. The molecule has 3 aromatic rings. The van der Waals surface area contributed by atoms with E-state index in [1.54, 1.807) is 42.9 Å². The molecule has 2 aromatic heterocycles. The normalized spacial score (nSPS) is 11.7. The van der Waals surface area contributed by atoms with Gasteiger partial charge in [0.15, 0.2) is 0 Å². The molecule has 1 aromatic carbocycles. The zero-order valence-corrected chi connectivity index (χ0v) is 13.6. The average Bonchev–Trinajstić information content (AvgIpc) is 2.67. The highest BCUT2D eigenvalue weighted by molar-refractivity contribution is 5.93. The number of halogens is 1. The predicted molar refractivity (Wildman–Crippen MR) is 93.7 cm³/mol. The number of nitrogens with zero attached hydrogens (tertiary/aromatic N) is 2. The zero-order chi connectivity index (χ0) is 17.5. The Kier molecular flexibility index (Phi) is 5.46. The second-order valence-corrected chi connectivity index (χ2v) is 5.77. The van der Waals surface area contributed by atoms with Gasteiger partial charge < -0.3 is 5.32 Å². The lowest BCUT2D eigenvalue weighted by Crippen LogP contribution is -2.29. The molecule has 126 valence electrons. The first-order valence-corrected chi connectivity index (χ1v) is 8.05. The maximum absolute atomic E-state index is 13.2. The first kappa shape index (κ1) is 16.8.